The zero-order valence-corrected chi connectivity index (χ0v) is 8.56. The van der Waals surface area contributed by atoms with E-state index in [9.17, 15) is 0 Å². The lowest BCUT2D eigenvalue weighted by Crippen LogP contribution is -2.18. The van der Waals surface area contributed by atoms with E-state index in [1.165, 1.54) is 0 Å². The van der Waals surface area contributed by atoms with Gasteiger partial charge in [0.15, 0.2) is 0 Å². The molecule has 0 aliphatic carbocycles. The van der Waals surface area contributed by atoms with E-state index in [1.54, 1.807) is 17.5 Å². The van der Waals surface area contributed by atoms with Crippen molar-refractivity contribution in [2.75, 3.05) is 18.2 Å². The molecule has 2 heterocycles. The highest BCUT2D eigenvalue weighted by Crippen LogP contribution is 2.13. The molecular formula is C7H8IN3O. The quantitative estimate of drug-likeness (QED) is 0.723. The molecule has 64 valence electrons. The van der Waals surface area contributed by atoms with Crippen LogP contribution in [0.1, 0.15) is 6.42 Å². The molecule has 12 heavy (non-hydrogen) atoms. The zero-order valence-electron chi connectivity index (χ0n) is 6.40. The summed E-state index contributed by atoms with van der Waals surface area (Å²) in [6.07, 6.45) is 4.62. The molecule has 2 rings (SSSR count). The van der Waals surface area contributed by atoms with Crippen LogP contribution in [0.4, 0.5) is 5.95 Å². The molecular weight excluding hydrogens is 269 g/mol. The average Bonchev–Trinajstić information content (AvgIpc) is 2.58. The molecule has 1 fully saturated rings. The molecule has 1 aromatic heterocycles. The van der Waals surface area contributed by atoms with Crippen molar-refractivity contribution < 1.29 is 4.84 Å². The number of hydroxylamine groups is 1. The summed E-state index contributed by atoms with van der Waals surface area (Å²) in [5, 5.41) is 1.73. The van der Waals surface area contributed by atoms with Gasteiger partial charge in [0.05, 0.1) is 13.2 Å². The van der Waals surface area contributed by atoms with Gasteiger partial charge in [0.2, 0.25) is 5.95 Å². The van der Waals surface area contributed by atoms with Crippen LogP contribution in [-0.4, -0.2) is 23.1 Å². The maximum atomic E-state index is 5.28. The van der Waals surface area contributed by atoms with Gasteiger partial charge in [-0.3, -0.25) is 4.84 Å². The summed E-state index contributed by atoms with van der Waals surface area (Å²) < 4.78 is 1.04. The Morgan fingerprint density at radius 3 is 2.75 bits per heavy atom. The Balaban J connectivity index is 2.17. The van der Waals surface area contributed by atoms with Gasteiger partial charge in [-0.15, -0.1) is 0 Å². The normalized spacial score (nSPS) is 16.9. The second kappa shape index (κ2) is 3.53. The smallest absolute Gasteiger partial charge is 0.249 e. The van der Waals surface area contributed by atoms with E-state index >= 15 is 0 Å². The largest absolute Gasteiger partial charge is 0.271 e. The van der Waals surface area contributed by atoms with E-state index in [-0.39, 0.29) is 0 Å². The van der Waals surface area contributed by atoms with E-state index in [4.69, 9.17) is 4.84 Å². The third kappa shape index (κ3) is 1.66. The summed E-state index contributed by atoms with van der Waals surface area (Å²) >= 11 is 2.18. The fourth-order valence-electron chi connectivity index (χ4n) is 1.04. The van der Waals surface area contributed by atoms with Gasteiger partial charge in [0, 0.05) is 16.0 Å². The maximum Gasteiger partial charge on any atom is 0.249 e. The van der Waals surface area contributed by atoms with Crippen LogP contribution >= 0.6 is 22.6 Å². The highest BCUT2D eigenvalue weighted by Gasteiger charge is 2.15. The lowest BCUT2D eigenvalue weighted by atomic mass is 10.5. The molecule has 4 nitrogen and oxygen atoms in total. The van der Waals surface area contributed by atoms with E-state index < -0.39 is 0 Å². The fraction of sp³-hybridized carbons (Fsp3) is 0.429. The topological polar surface area (TPSA) is 38.2 Å². The molecule has 1 aliphatic rings. The Bertz CT molecular complexity index is 258. The van der Waals surface area contributed by atoms with Crippen LogP contribution in [0.3, 0.4) is 0 Å². The van der Waals surface area contributed by atoms with Crippen LogP contribution in [0.25, 0.3) is 0 Å². The lowest BCUT2D eigenvalue weighted by Gasteiger charge is -2.12. The molecule has 0 amide bonds. The molecule has 0 unspecified atom stereocenters. The molecule has 5 heteroatoms. The van der Waals surface area contributed by atoms with Gasteiger partial charge in [0.25, 0.3) is 0 Å². The number of hydrogen-bond donors (Lipinski definition) is 0. The standard InChI is InChI=1S/C7H8IN3O/c8-6-4-9-7(10-5-6)11-2-1-3-12-11/h4-5H,1-3H2. The number of anilines is 1. The highest BCUT2D eigenvalue weighted by atomic mass is 127. The monoisotopic (exact) mass is 277 g/mol. The van der Waals surface area contributed by atoms with Crippen LogP contribution < -0.4 is 5.06 Å². The Labute approximate surface area is 84.0 Å². The van der Waals surface area contributed by atoms with Gasteiger partial charge in [-0.25, -0.2) is 15.0 Å². The Hall–Kier alpha value is -0.430. The maximum absolute atomic E-state index is 5.28. The Morgan fingerprint density at radius 2 is 2.17 bits per heavy atom. The zero-order chi connectivity index (χ0) is 8.39. The molecule has 0 spiro atoms. The highest BCUT2D eigenvalue weighted by molar-refractivity contribution is 14.1. The van der Waals surface area contributed by atoms with Crippen LogP contribution in [0.5, 0.6) is 0 Å². The van der Waals surface area contributed by atoms with Crippen molar-refractivity contribution in [1.82, 2.24) is 9.97 Å². The van der Waals surface area contributed by atoms with Gasteiger partial charge in [-0.2, -0.15) is 0 Å². The van der Waals surface area contributed by atoms with Gasteiger partial charge < -0.3 is 0 Å². The minimum atomic E-state index is 0.660. The molecule has 0 aromatic carbocycles. The third-order valence-corrected chi connectivity index (χ3v) is 2.14. The number of aromatic nitrogens is 2. The van der Waals surface area contributed by atoms with Crippen molar-refractivity contribution in [2.24, 2.45) is 0 Å². The molecule has 0 bridgehead atoms. The number of halogens is 1. The predicted molar refractivity (Wildman–Crippen MR) is 52.7 cm³/mol. The van der Waals surface area contributed by atoms with Crippen LogP contribution in [0.2, 0.25) is 0 Å². The number of hydrogen-bond acceptors (Lipinski definition) is 4. The minimum Gasteiger partial charge on any atom is -0.271 e. The van der Waals surface area contributed by atoms with Crippen molar-refractivity contribution in [3.05, 3.63) is 16.0 Å². The fourth-order valence-corrected chi connectivity index (χ4v) is 1.32. The van der Waals surface area contributed by atoms with Crippen LogP contribution in [0.15, 0.2) is 12.4 Å². The first-order valence-corrected chi connectivity index (χ1v) is 4.82. The van der Waals surface area contributed by atoms with Gasteiger partial charge >= 0.3 is 0 Å². The van der Waals surface area contributed by atoms with Crippen molar-refractivity contribution in [3.63, 3.8) is 0 Å². The van der Waals surface area contributed by atoms with Crippen molar-refractivity contribution in [1.29, 1.82) is 0 Å². The van der Waals surface area contributed by atoms with E-state index in [2.05, 4.69) is 32.6 Å². The van der Waals surface area contributed by atoms with E-state index in [0.717, 1.165) is 23.1 Å². The molecule has 0 atom stereocenters. The first-order chi connectivity index (χ1) is 5.86. The third-order valence-electron chi connectivity index (χ3n) is 1.58. The summed E-state index contributed by atoms with van der Waals surface area (Å²) in [5.41, 5.74) is 0. The van der Waals surface area contributed by atoms with E-state index in [1.807, 2.05) is 0 Å². The van der Waals surface area contributed by atoms with E-state index in [0.29, 0.717) is 5.95 Å². The van der Waals surface area contributed by atoms with Crippen LogP contribution in [-0.2, 0) is 4.84 Å². The second-order valence-corrected chi connectivity index (χ2v) is 3.74. The first-order valence-electron chi connectivity index (χ1n) is 3.74. The number of rotatable bonds is 1. The summed E-state index contributed by atoms with van der Waals surface area (Å²) in [5.74, 6) is 0.660. The van der Waals surface area contributed by atoms with Gasteiger partial charge in [-0.1, -0.05) is 0 Å². The minimum absolute atomic E-state index is 0.660. The lowest BCUT2D eigenvalue weighted by molar-refractivity contribution is 0.164. The Morgan fingerprint density at radius 1 is 1.42 bits per heavy atom. The predicted octanol–water partition coefficient (Wildman–Crippen LogP) is 1.22. The molecule has 0 radical (unpaired) electrons. The van der Waals surface area contributed by atoms with Crippen LogP contribution in [0, 0.1) is 3.57 Å². The molecule has 1 saturated heterocycles. The number of nitrogens with zero attached hydrogens (tertiary/aromatic N) is 3. The molecule has 0 saturated carbocycles. The first kappa shape index (κ1) is 8.18. The van der Waals surface area contributed by atoms with Crippen molar-refractivity contribution >= 4 is 28.5 Å². The molecule has 1 aromatic rings. The second-order valence-electron chi connectivity index (χ2n) is 2.49. The van der Waals surface area contributed by atoms with Gasteiger partial charge in [-0.05, 0) is 29.0 Å². The summed E-state index contributed by atoms with van der Waals surface area (Å²) in [6.45, 7) is 1.66. The summed E-state index contributed by atoms with van der Waals surface area (Å²) in [7, 11) is 0. The van der Waals surface area contributed by atoms with Crippen molar-refractivity contribution in [3.8, 4) is 0 Å². The Kier molecular flexibility index (Phi) is 2.40. The average molecular weight is 277 g/mol. The molecule has 1 aliphatic heterocycles. The molecule has 0 N–H and O–H groups in total. The SMILES string of the molecule is Ic1cnc(N2CCCO2)nc1. The van der Waals surface area contributed by atoms with Gasteiger partial charge in [0.1, 0.15) is 0 Å². The summed E-state index contributed by atoms with van der Waals surface area (Å²) in [4.78, 5) is 13.6. The van der Waals surface area contributed by atoms with Crippen molar-refractivity contribution in [2.45, 2.75) is 6.42 Å². The summed E-state index contributed by atoms with van der Waals surface area (Å²) in [6, 6.07) is 0.